The Morgan fingerprint density at radius 2 is 2.06 bits per heavy atom. The first-order valence-electron chi connectivity index (χ1n) is 6.25. The van der Waals surface area contributed by atoms with Crippen LogP contribution in [-0.2, 0) is 6.42 Å². The molecule has 0 aliphatic heterocycles. The molecule has 1 fully saturated rings. The van der Waals surface area contributed by atoms with Crippen LogP contribution >= 0.6 is 11.6 Å². The predicted octanol–water partition coefficient (Wildman–Crippen LogP) is 4.20. The first-order chi connectivity index (χ1) is 7.71. The lowest BCUT2D eigenvalue weighted by Crippen LogP contribution is -2.32. The minimum atomic E-state index is 0.225. The SMILES string of the molecule is CC1(C(Cl)Cc2ccccn2)CCCCC1. The highest BCUT2D eigenvalue weighted by Gasteiger charge is 2.34. The maximum atomic E-state index is 6.60. The van der Waals surface area contributed by atoms with E-state index in [2.05, 4.69) is 18.0 Å². The van der Waals surface area contributed by atoms with E-state index in [4.69, 9.17) is 11.6 Å². The first kappa shape index (κ1) is 11.9. The topological polar surface area (TPSA) is 12.9 Å². The molecular weight excluding hydrogens is 218 g/mol. The van der Waals surface area contributed by atoms with Crippen molar-refractivity contribution >= 4 is 11.6 Å². The lowest BCUT2D eigenvalue weighted by atomic mass is 9.72. The fraction of sp³-hybridized carbons (Fsp3) is 0.643. The second-order valence-electron chi connectivity index (χ2n) is 5.21. The van der Waals surface area contributed by atoms with Crippen molar-refractivity contribution in [2.45, 2.75) is 50.8 Å². The lowest BCUT2D eigenvalue weighted by molar-refractivity contribution is 0.204. The summed E-state index contributed by atoms with van der Waals surface area (Å²) in [7, 11) is 0. The highest BCUT2D eigenvalue weighted by molar-refractivity contribution is 6.21. The Morgan fingerprint density at radius 3 is 2.69 bits per heavy atom. The Labute approximate surface area is 103 Å². The molecule has 0 amide bonds. The van der Waals surface area contributed by atoms with E-state index in [0.717, 1.165) is 12.1 Å². The van der Waals surface area contributed by atoms with Gasteiger partial charge in [-0.15, -0.1) is 11.6 Å². The second kappa shape index (κ2) is 5.18. The molecule has 1 heterocycles. The Balaban J connectivity index is 1.99. The molecule has 1 aliphatic rings. The summed E-state index contributed by atoms with van der Waals surface area (Å²) < 4.78 is 0. The maximum absolute atomic E-state index is 6.60. The molecule has 0 spiro atoms. The van der Waals surface area contributed by atoms with Crippen LogP contribution in [0.3, 0.4) is 0 Å². The number of aromatic nitrogens is 1. The number of halogens is 1. The third-order valence-corrected chi connectivity index (χ3v) is 4.55. The molecule has 2 heteroatoms. The van der Waals surface area contributed by atoms with Gasteiger partial charge in [-0.25, -0.2) is 0 Å². The van der Waals surface area contributed by atoms with Crippen LogP contribution in [0.25, 0.3) is 0 Å². The van der Waals surface area contributed by atoms with Gasteiger partial charge in [0.2, 0.25) is 0 Å². The van der Waals surface area contributed by atoms with Crippen molar-refractivity contribution in [2.75, 3.05) is 0 Å². The summed E-state index contributed by atoms with van der Waals surface area (Å²) in [5.74, 6) is 0. The lowest BCUT2D eigenvalue weighted by Gasteiger charge is -2.37. The third kappa shape index (κ3) is 2.76. The zero-order chi connectivity index (χ0) is 11.4. The fourth-order valence-corrected chi connectivity index (χ4v) is 3.00. The van der Waals surface area contributed by atoms with Crippen LogP contribution in [0.5, 0.6) is 0 Å². The van der Waals surface area contributed by atoms with Gasteiger partial charge in [0.25, 0.3) is 0 Å². The minimum absolute atomic E-state index is 0.225. The molecule has 1 aromatic heterocycles. The van der Waals surface area contributed by atoms with E-state index >= 15 is 0 Å². The monoisotopic (exact) mass is 237 g/mol. The van der Waals surface area contributed by atoms with E-state index in [-0.39, 0.29) is 5.38 Å². The Bertz CT molecular complexity index is 317. The summed E-state index contributed by atoms with van der Waals surface area (Å²) in [6.07, 6.45) is 9.34. The first-order valence-corrected chi connectivity index (χ1v) is 6.68. The van der Waals surface area contributed by atoms with Gasteiger partial charge in [-0.3, -0.25) is 4.98 Å². The van der Waals surface area contributed by atoms with E-state index in [9.17, 15) is 0 Å². The Morgan fingerprint density at radius 1 is 1.31 bits per heavy atom. The van der Waals surface area contributed by atoms with Crippen molar-refractivity contribution in [3.8, 4) is 0 Å². The molecule has 2 rings (SSSR count). The number of pyridine rings is 1. The molecule has 1 aliphatic carbocycles. The van der Waals surface area contributed by atoms with Gasteiger partial charge in [0, 0.05) is 23.7 Å². The van der Waals surface area contributed by atoms with Crippen molar-refractivity contribution in [2.24, 2.45) is 5.41 Å². The molecule has 0 N–H and O–H groups in total. The molecule has 1 unspecified atom stereocenters. The van der Waals surface area contributed by atoms with Crippen LogP contribution in [-0.4, -0.2) is 10.4 Å². The summed E-state index contributed by atoms with van der Waals surface area (Å²) in [5.41, 5.74) is 1.44. The Hall–Kier alpha value is -0.560. The number of hydrogen-bond donors (Lipinski definition) is 0. The Kier molecular flexibility index (Phi) is 3.86. The minimum Gasteiger partial charge on any atom is -0.261 e. The van der Waals surface area contributed by atoms with E-state index < -0.39 is 0 Å². The van der Waals surface area contributed by atoms with Crippen LogP contribution in [0, 0.1) is 5.41 Å². The van der Waals surface area contributed by atoms with Crippen molar-refractivity contribution < 1.29 is 0 Å². The van der Waals surface area contributed by atoms with Crippen LogP contribution < -0.4 is 0 Å². The van der Waals surface area contributed by atoms with Gasteiger partial charge >= 0.3 is 0 Å². The van der Waals surface area contributed by atoms with Crippen LogP contribution in [0.15, 0.2) is 24.4 Å². The zero-order valence-electron chi connectivity index (χ0n) is 9.95. The van der Waals surface area contributed by atoms with E-state index in [1.807, 2.05) is 18.3 Å². The summed E-state index contributed by atoms with van der Waals surface area (Å²) in [6.45, 7) is 2.34. The zero-order valence-corrected chi connectivity index (χ0v) is 10.7. The van der Waals surface area contributed by atoms with Crippen LogP contribution in [0.2, 0.25) is 0 Å². The van der Waals surface area contributed by atoms with Crippen molar-refractivity contribution in [3.05, 3.63) is 30.1 Å². The average molecular weight is 238 g/mol. The molecule has 1 aromatic rings. The van der Waals surface area contributed by atoms with E-state index in [0.29, 0.717) is 5.41 Å². The van der Waals surface area contributed by atoms with Crippen LogP contribution in [0.4, 0.5) is 0 Å². The number of rotatable bonds is 3. The van der Waals surface area contributed by atoms with Crippen LogP contribution in [0.1, 0.15) is 44.7 Å². The van der Waals surface area contributed by atoms with Gasteiger partial charge in [0.15, 0.2) is 0 Å². The molecule has 1 saturated carbocycles. The van der Waals surface area contributed by atoms with Crippen molar-refractivity contribution in [3.63, 3.8) is 0 Å². The predicted molar refractivity (Wildman–Crippen MR) is 68.8 cm³/mol. The molecule has 0 bridgehead atoms. The van der Waals surface area contributed by atoms with Gasteiger partial charge < -0.3 is 0 Å². The van der Waals surface area contributed by atoms with Crippen molar-refractivity contribution in [1.29, 1.82) is 0 Å². The summed E-state index contributed by atoms with van der Waals surface area (Å²) in [4.78, 5) is 4.36. The average Bonchev–Trinajstić information content (AvgIpc) is 2.31. The quantitative estimate of drug-likeness (QED) is 0.718. The second-order valence-corrected chi connectivity index (χ2v) is 5.73. The highest BCUT2D eigenvalue weighted by Crippen LogP contribution is 2.42. The smallest absolute Gasteiger partial charge is 0.0445 e. The third-order valence-electron chi connectivity index (χ3n) is 3.87. The molecule has 1 atom stereocenters. The normalized spacial score (nSPS) is 21.6. The molecule has 0 saturated heterocycles. The molecule has 88 valence electrons. The maximum Gasteiger partial charge on any atom is 0.0445 e. The van der Waals surface area contributed by atoms with Gasteiger partial charge in [-0.2, -0.15) is 0 Å². The number of alkyl halides is 1. The highest BCUT2D eigenvalue weighted by atomic mass is 35.5. The van der Waals surface area contributed by atoms with Gasteiger partial charge in [-0.05, 0) is 30.4 Å². The summed E-state index contributed by atoms with van der Waals surface area (Å²) >= 11 is 6.60. The fourth-order valence-electron chi connectivity index (χ4n) is 2.62. The van der Waals surface area contributed by atoms with Crippen molar-refractivity contribution in [1.82, 2.24) is 4.98 Å². The number of hydrogen-bond acceptors (Lipinski definition) is 1. The molecular formula is C14H20ClN. The molecule has 16 heavy (non-hydrogen) atoms. The standard InChI is InChI=1S/C14H20ClN/c1-14(8-4-2-5-9-14)13(15)11-12-7-3-6-10-16-12/h3,6-7,10,13H,2,4-5,8-9,11H2,1H3. The van der Waals surface area contributed by atoms with E-state index in [1.54, 1.807) is 0 Å². The summed E-state index contributed by atoms with van der Waals surface area (Å²) in [6, 6.07) is 6.06. The molecule has 1 nitrogen and oxygen atoms in total. The molecule has 0 radical (unpaired) electrons. The number of nitrogens with zero attached hydrogens (tertiary/aromatic N) is 1. The summed E-state index contributed by atoms with van der Waals surface area (Å²) in [5, 5.41) is 0.225. The van der Waals surface area contributed by atoms with Gasteiger partial charge in [-0.1, -0.05) is 32.3 Å². The molecule has 0 aromatic carbocycles. The largest absolute Gasteiger partial charge is 0.261 e. The van der Waals surface area contributed by atoms with Gasteiger partial charge in [0.1, 0.15) is 0 Å². The van der Waals surface area contributed by atoms with E-state index in [1.165, 1.54) is 32.1 Å². The van der Waals surface area contributed by atoms with Gasteiger partial charge in [0.05, 0.1) is 0 Å².